The zero-order chi connectivity index (χ0) is 14.8. The summed E-state index contributed by atoms with van der Waals surface area (Å²) in [6.07, 6.45) is 2.50. The predicted molar refractivity (Wildman–Crippen MR) is 77.0 cm³/mol. The number of aromatic nitrogens is 1. The van der Waals surface area contributed by atoms with Crippen LogP contribution in [0.15, 0.2) is 46.0 Å². The Hall–Kier alpha value is -1.71. The van der Waals surface area contributed by atoms with Crippen molar-refractivity contribution in [3.05, 3.63) is 46.9 Å². The highest BCUT2D eigenvalue weighted by Gasteiger charge is 2.20. The van der Waals surface area contributed by atoms with E-state index in [0.717, 1.165) is 12.3 Å². The number of pyridine rings is 1. The lowest BCUT2D eigenvalue weighted by Gasteiger charge is -2.12. The van der Waals surface area contributed by atoms with E-state index in [2.05, 4.69) is 31.1 Å². The number of rotatable bonds is 4. The van der Waals surface area contributed by atoms with Gasteiger partial charge in [-0.2, -0.15) is 0 Å². The number of sulfonamides is 1. The lowest BCUT2D eigenvalue weighted by molar-refractivity contribution is 0.598. The number of hydrogen-bond acceptors (Lipinski definition) is 5. The molecule has 106 valence electrons. The van der Waals surface area contributed by atoms with E-state index in [1.165, 1.54) is 24.4 Å². The van der Waals surface area contributed by atoms with Crippen molar-refractivity contribution in [3.8, 4) is 0 Å². The number of hydrazine groups is 1. The topological polar surface area (TPSA) is 97.1 Å². The quantitative estimate of drug-likeness (QED) is 0.572. The number of benzene rings is 1. The van der Waals surface area contributed by atoms with Crippen LogP contribution >= 0.6 is 15.9 Å². The molecule has 0 radical (unpaired) electrons. The zero-order valence-corrected chi connectivity index (χ0v) is 12.4. The summed E-state index contributed by atoms with van der Waals surface area (Å²) in [5.74, 6) is 4.55. The minimum absolute atomic E-state index is 0.155. The number of nitrogens with one attached hydrogen (secondary N) is 2. The first-order valence-corrected chi connectivity index (χ1v) is 7.60. The van der Waals surface area contributed by atoms with Gasteiger partial charge in [-0.3, -0.25) is 15.5 Å². The summed E-state index contributed by atoms with van der Waals surface area (Å²) in [6, 6.07) is 5.32. The Kier molecular flexibility index (Phi) is 4.21. The number of nitrogens with zero attached hydrogens (tertiary/aromatic N) is 1. The molecule has 20 heavy (non-hydrogen) atoms. The fourth-order valence-electron chi connectivity index (χ4n) is 1.49. The van der Waals surface area contributed by atoms with Gasteiger partial charge in [0.15, 0.2) is 0 Å². The number of hydrogen-bond donors (Lipinski definition) is 3. The van der Waals surface area contributed by atoms with Crippen LogP contribution in [0.2, 0.25) is 0 Å². The molecule has 0 aliphatic rings. The fourth-order valence-corrected chi connectivity index (χ4v) is 3.02. The Morgan fingerprint density at radius 1 is 1.25 bits per heavy atom. The molecule has 6 nitrogen and oxygen atoms in total. The molecule has 0 bridgehead atoms. The maximum atomic E-state index is 13.6. The van der Waals surface area contributed by atoms with Gasteiger partial charge in [-0.05, 0) is 24.3 Å². The molecule has 1 heterocycles. The standard InChI is InChI=1S/C11H10BrFN4O2S/c12-7-1-2-8(13)10(5-7)17-20(18,19)11-6-15-4-3-9(11)16-14/h1-6,17H,14H2,(H,15,16). The number of anilines is 2. The van der Waals surface area contributed by atoms with Gasteiger partial charge in [-0.1, -0.05) is 15.9 Å². The minimum atomic E-state index is -4.01. The summed E-state index contributed by atoms with van der Waals surface area (Å²) in [5, 5.41) is 0. The van der Waals surface area contributed by atoms with Crippen LogP contribution in [0.25, 0.3) is 0 Å². The molecular weight excluding hydrogens is 351 g/mol. The van der Waals surface area contributed by atoms with Gasteiger partial charge in [-0.25, -0.2) is 12.8 Å². The second kappa shape index (κ2) is 5.73. The molecular formula is C11H10BrFN4O2S. The van der Waals surface area contributed by atoms with E-state index in [-0.39, 0.29) is 16.3 Å². The van der Waals surface area contributed by atoms with Crippen molar-refractivity contribution in [3.63, 3.8) is 0 Å². The van der Waals surface area contributed by atoms with Crippen molar-refractivity contribution in [2.75, 3.05) is 10.1 Å². The molecule has 4 N–H and O–H groups in total. The molecule has 1 aromatic heterocycles. The van der Waals surface area contributed by atoms with Crippen LogP contribution in [0.3, 0.4) is 0 Å². The molecule has 0 saturated heterocycles. The smallest absolute Gasteiger partial charge is 0.265 e. The van der Waals surface area contributed by atoms with Gasteiger partial charge in [0.2, 0.25) is 0 Å². The van der Waals surface area contributed by atoms with Gasteiger partial charge in [0.05, 0.1) is 11.4 Å². The maximum absolute atomic E-state index is 13.6. The third-order valence-corrected chi connectivity index (χ3v) is 4.29. The van der Waals surface area contributed by atoms with Gasteiger partial charge in [0.25, 0.3) is 10.0 Å². The molecule has 9 heteroatoms. The SMILES string of the molecule is NNc1ccncc1S(=O)(=O)Nc1cc(Br)ccc1F. The molecule has 0 saturated carbocycles. The molecule has 0 aliphatic heterocycles. The number of nitrogen functional groups attached to an aromatic ring is 1. The van der Waals surface area contributed by atoms with E-state index in [0.29, 0.717) is 4.47 Å². The monoisotopic (exact) mass is 360 g/mol. The molecule has 0 fully saturated rings. The third kappa shape index (κ3) is 3.06. The van der Waals surface area contributed by atoms with E-state index < -0.39 is 15.8 Å². The first-order chi connectivity index (χ1) is 9.44. The fraction of sp³-hybridized carbons (Fsp3) is 0. The molecule has 0 atom stereocenters. The average Bonchev–Trinajstić information content (AvgIpc) is 2.42. The van der Waals surface area contributed by atoms with E-state index >= 15 is 0 Å². The Balaban J connectivity index is 2.43. The molecule has 1 aromatic carbocycles. The summed E-state index contributed by atoms with van der Waals surface area (Å²) in [6.45, 7) is 0. The molecule has 0 amide bonds. The molecule has 0 unspecified atom stereocenters. The number of halogens is 2. The van der Waals surface area contributed by atoms with Crippen LogP contribution in [0, 0.1) is 5.82 Å². The second-order valence-corrected chi connectivity index (χ2v) is 6.31. The predicted octanol–water partition coefficient (Wildman–Crippen LogP) is 2.07. The molecule has 2 aromatic rings. The van der Waals surface area contributed by atoms with Crippen LogP contribution in [0.5, 0.6) is 0 Å². The van der Waals surface area contributed by atoms with E-state index in [1.807, 2.05) is 0 Å². The molecule has 2 rings (SSSR count). The Morgan fingerprint density at radius 3 is 2.70 bits per heavy atom. The van der Waals surface area contributed by atoms with E-state index in [4.69, 9.17) is 5.84 Å². The lowest BCUT2D eigenvalue weighted by atomic mass is 10.3. The van der Waals surface area contributed by atoms with Crippen molar-refractivity contribution in [1.29, 1.82) is 0 Å². The highest BCUT2D eigenvalue weighted by atomic mass is 79.9. The van der Waals surface area contributed by atoms with Crippen LogP contribution in [-0.2, 0) is 10.0 Å². The van der Waals surface area contributed by atoms with Gasteiger partial charge < -0.3 is 5.43 Å². The third-order valence-electron chi connectivity index (χ3n) is 2.40. The molecule has 0 spiro atoms. The van der Waals surface area contributed by atoms with Gasteiger partial charge in [-0.15, -0.1) is 0 Å². The average molecular weight is 361 g/mol. The lowest BCUT2D eigenvalue weighted by Crippen LogP contribution is -2.18. The van der Waals surface area contributed by atoms with Crippen molar-refractivity contribution in [2.24, 2.45) is 5.84 Å². The van der Waals surface area contributed by atoms with Crippen LogP contribution in [-0.4, -0.2) is 13.4 Å². The Labute approximate surface area is 123 Å². The summed E-state index contributed by atoms with van der Waals surface area (Å²) >= 11 is 3.14. The summed E-state index contributed by atoms with van der Waals surface area (Å²) < 4.78 is 40.7. The van der Waals surface area contributed by atoms with Crippen LogP contribution < -0.4 is 16.0 Å². The normalized spacial score (nSPS) is 11.2. The van der Waals surface area contributed by atoms with Gasteiger partial charge in [0, 0.05) is 16.9 Å². The highest BCUT2D eigenvalue weighted by molar-refractivity contribution is 9.10. The maximum Gasteiger partial charge on any atom is 0.265 e. The highest BCUT2D eigenvalue weighted by Crippen LogP contribution is 2.25. The summed E-state index contributed by atoms with van der Waals surface area (Å²) in [4.78, 5) is 3.54. The van der Waals surface area contributed by atoms with E-state index in [9.17, 15) is 12.8 Å². The van der Waals surface area contributed by atoms with Crippen LogP contribution in [0.1, 0.15) is 0 Å². The first kappa shape index (κ1) is 14.7. The van der Waals surface area contributed by atoms with Gasteiger partial charge in [0.1, 0.15) is 10.7 Å². The largest absolute Gasteiger partial charge is 0.323 e. The van der Waals surface area contributed by atoms with Crippen molar-refractivity contribution in [1.82, 2.24) is 4.98 Å². The van der Waals surface area contributed by atoms with Crippen molar-refractivity contribution >= 4 is 37.3 Å². The Bertz CT molecular complexity index is 739. The summed E-state index contributed by atoms with van der Waals surface area (Å²) in [5.41, 5.74) is 2.23. The number of nitrogens with two attached hydrogens (primary N) is 1. The Morgan fingerprint density at radius 2 is 2.00 bits per heavy atom. The van der Waals surface area contributed by atoms with Crippen LogP contribution in [0.4, 0.5) is 15.8 Å². The van der Waals surface area contributed by atoms with Crippen molar-refractivity contribution in [2.45, 2.75) is 4.90 Å². The van der Waals surface area contributed by atoms with E-state index in [1.54, 1.807) is 0 Å². The molecule has 0 aliphatic carbocycles. The zero-order valence-electron chi connectivity index (χ0n) is 9.97. The summed E-state index contributed by atoms with van der Waals surface area (Å²) in [7, 11) is -4.01. The van der Waals surface area contributed by atoms with Gasteiger partial charge >= 0.3 is 0 Å². The minimum Gasteiger partial charge on any atom is -0.323 e. The first-order valence-electron chi connectivity index (χ1n) is 5.32. The van der Waals surface area contributed by atoms with Crippen molar-refractivity contribution < 1.29 is 12.8 Å². The second-order valence-electron chi connectivity index (χ2n) is 3.75.